The lowest BCUT2D eigenvalue weighted by molar-refractivity contribution is -0.134. The summed E-state index contributed by atoms with van der Waals surface area (Å²) in [6.45, 7) is 1.35. The number of aromatic nitrogens is 2. The molecule has 2 amide bonds. The monoisotopic (exact) mass is 504 g/mol. The van der Waals surface area contributed by atoms with E-state index in [1.807, 2.05) is 48.5 Å². The molecule has 0 radical (unpaired) electrons. The molecule has 5 N–H and O–H groups in total. The number of nitrogens with two attached hydrogens (primary N) is 2. The average molecular weight is 505 g/mol. The van der Waals surface area contributed by atoms with Gasteiger partial charge in [-0.1, -0.05) is 42.5 Å². The summed E-state index contributed by atoms with van der Waals surface area (Å²) in [6.07, 6.45) is 3.06. The Labute approximate surface area is 217 Å². The molecule has 3 aromatic rings. The van der Waals surface area contributed by atoms with Crippen LogP contribution in [0, 0.1) is 5.92 Å². The summed E-state index contributed by atoms with van der Waals surface area (Å²) in [7, 11) is 5.24. The number of nitrogens with one attached hydrogen (secondary N) is 1. The van der Waals surface area contributed by atoms with Crippen LogP contribution in [0.25, 0.3) is 11.3 Å². The number of hydrogen-bond donors (Lipinski definition) is 3. The van der Waals surface area contributed by atoms with E-state index in [1.165, 1.54) is 0 Å². The molecule has 0 bridgehead atoms. The van der Waals surface area contributed by atoms with Crippen LogP contribution < -0.4 is 21.5 Å². The summed E-state index contributed by atoms with van der Waals surface area (Å²) in [5.41, 5.74) is 15.8. The van der Waals surface area contributed by atoms with E-state index in [-0.39, 0.29) is 29.2 Å². The van der Waals surface area contributed by atoms with E-state index < -0.39 is 5.91 Å². The lowest BCUT2D eigenvalue weighted by Gasteiger charge is -2.30. The second kappa shape index (κ2) is 11.5. The van der Waals surface area contributed by atoms with Gasteiger partial charge in [0.05, 0.1) is 13.2 Å². The van der Waals surface area contributed by atoms with Crippen LogP contribution >= 0.6 is 0 Å². The highest BCUT2D eigenvalue weighted by atomic mass is 16.5. The minimum atomic E-state index is -0.599. The maximum Gasteiger partial charge on any atom is 0.254 e. The van der Waals surface area contributed by atoms with E-state index in [0.29, 0.717) is 18.8 Å². The van der Waals surface area contributed by atoms with Crippen molar-refractivity contribution in [1.29, 1.82) is 0 Å². The van der Waals surface area contributed by atoms with Crippen molar-refractivity contribution in [3.05, 3.63) is 65.2 Å². The number of para-hydroxylation sites is 1. The van der Waals surface area contributed by atoms with Crippen LogP contribution in [0.2, 0.25) is 0 Å². The smallest absolute Gasteiger partial charge is 0.254 e. The second-order valence-electron chi connectivity index (χ2n) is 9.77. The molecule has 0 unspecified atom stereocenters. The predicted molar refractivity (Wildman–Crippen MR) is 144 cm³/mol. The van der Waals surface area contributed by atoms with Crippen molar-refractivity contribution in [2.45, 2.75) is 44.8 Å². The predicted octanol–water partition coefficient (Wildman–Crippen LogP) is 3.35. The van der Waals surface area contributed by atoms with E-state index >= 15 is 0 Å². The molecule has 1 saturated carbocycles. The zero-order chi connectivity index (χ0) is 26.5. The molecule has 0 atom stereocenters. The molecule has 2 aromatic carbocycles. The first kappa shape index (κ1) is 26.2. The molecule has 1 heterocycles. The zero-order valence-electron chi connectivity index (χ0n) is 21.7. The quantitative estimate of drug-likeness (QED) is 0.410. The molecule has 196 valence electrons. The number of primary amides is 1. The van der Waals surface area contributed by atoms with Gasteiger partial charge in [-0.05, 0) is 37.3 Å². The third kappa shape index (κ3) is 5.77. The highest BCUT2D eigenvalue weighted by Crippen LogP contribution is 2.37. The molecular formula is C28H36N6O3. The third-order valence-electron chi connectivity index (χ3n) is 7.09. The molecular weight excluding hydrogens is 468 g/mol. The summed E-state index contributed by atoms with van der Waals surface area (Å²) >= 11 is 0. The highest BCUT2D eigenvalue weighted by molar-refractivity contribution is 6.03. The Morgan fingerprint density at radius 3 is 2.35 bits per heavy atom. The van der Waals surface area contributed by atoms with Crippen molar-refractivity contribution < 1.29 is 14.3 Å². The second-order valence-corrected chi connectivity index (χ2v) is 9.77. The molecule has 0 aliphatic heterocycles. The third-order valence-corrected chi connectivity index (χ3v) is 7.09. The zero-order valence-corrected chi connectivity index (χ0v) is 21.7. The number of hydrogen-bond acceptors (Lipinski definition) is 6. The Kier molecular flexibility index (Phi) is 8.13. The van der Waals surface area contributed by atoms with E-state index in [9.17, 15) is 9.59 Å². The Bertz CT molecular complexity index is 1240. The van der Waals surface area contributed by atoms with Gasteiger partial charge >= 0.3 is 0 Å². The normalized spacial score (nSPS) is 17.4. The molecule has 0 spiro atoms. The lowest BCUT2D eigenvalue weighted by Crippen LogP contribution is -2.33. The number of ether oxygens (including phenoxy) is 1. The van der Waals surface area contributed by atoms with Crippen LogP contribution in [-0.2, 0) is 17.9 Å². The Balaban J connectivity index is 1.46. The number of anilines is 1. The standard InChI is InChI=1S/C28H36N6O3/c1-33(2)28(36)20-12-14-22(15-13-20)34-26(29)24(27(30)35)25(32-34)19-10-8-18(9-11-19)16-31-17-21-6-4-5-7-23(21)37-3/h4-11,20,22,31H,12-17,29H2,1-3H3,(H2,30,35)/t20-,22+. The molecule has 4 rings (SSSR count). The van der Waals surface area contributed by atoms with E-state index in [0.717, 1.165) is 48.1 Å². The van der Waals surface area contributed by atoms with Gasteiger partial charge in [0.2, 0.25) is 5.91 Å². The molecule has 37 heavy (non-hydrogen) atoms. The highest BCUT2D eigenvalue weighted by Gasteiger charge is 2.31. The molecule has 1 aliphatic carbocycles. The Morgan fingerprint density at radius 2 is 1.73 bits per heavy atom. The largest absolute Gasteiger partial charge is 0.496 e. The fourth-order valence-electron chi connectivity index (χ4n) is 5.07. The SMILES string of the molecule is COc1ccccc1CNCc1ccc(-c2nn([C@H]3CC[C@@H](C(=O)N(C)C)CC3)c(N)c2C(N)=O)cc1. The van der Waals surface area contributed by atoms with E-state index in [4.69, 9.17) is 21.3 Å². The van der Waals surface area contributed by atoms with Crippen LogP contribution in [0.1, 0.15) is 53.2 Å². The number of carbonyl (C=O) groups excluding carboxylic acids is 2. The number of rotatable bonds is 9. The topological polar surface area (TPSA) is 128 Å². The lowest BCUT2D eigenvalue weighted by atomic mass is 9.85. The number of benzene rings is 2. The maximum atomic E-state index is 12.3. The van der Waals surface area contributed by atoms with E-state index in [2.05, 4.69) is 5.32 Å². The minimum Gasteiger partial charge on any atom is -0.496 e. The van der Waals surface area contributed by atoms with Crippen molar-refractivity contribution in [3.8, 4) is 17.0 Å². The van der Waals surface area contributed by atoms with Crippen LogP contribution in [0.5, 0.6) is 5.75 Å². The van der Waals surface area contributed by atoms with Gasteiger partial charge < -0.3 is 26.4 Å². The van der Waals surface area contributed by atoms with Crippen molar-refractivity contribution in [3.63, 3.8) is 0 Å². The first-order valence-corrected chi connectivity index (χ1v) is 12.6. The fraction of sp³-hybridized carbons (Fsp3) is 0.393. The van der Waals surface area contributed by atoms with Crippen molar-refractivity contribution >= 4 is 17.6 Å². The van der Waals surface area contributed by atoms with Crippen LogP contribution in [0.3, 0.4) is 0 Å². The van der Waals surface area contributed by atoms with E-state index in [1.54, 1.807) is 30.8 Å². The summed E-state index contributed by atoms with van der Waals surface area (Å²) in [5.74, 6) is 0.714. The number of nitrogen functional groups attached to an aromatic ring is 1. The van der Waals surface area contributed by atoms with Crippen LogP contribution in [0.15, 0.2) is 48.5 Å². The van der Waals surface area contributed by atoms with Crippen molar-refractivity contribution in [2.24, 2.45) is 11.7 Å². The number of methoxy groups -OCH3 is 1. The average Bonchev–Trinajstić information content (AvgIpc) is 3.26. The van der Waals surface area contributed by atoms with Crippen molar-refractivity contribution in [2.75, 3.05) is 26.9 Å². The van der Waals surface area contributed by atoms with Gasteiger partial charge in [-0.2, -0.15) is 5.10 Å². The van der Waals surface area contributed by atoms with Gasteiger partial charge in [0.25, 0.3) is 5.91 Å². The van der Waals surface area contributed by atoms with Gasteiger partial charge in [-0.15, -0.1) is 0 Å². The Hall–Kier alpha value is -3.85. The molecule has 1 aliphatic rings. The first-order chi connectivity index (χ1) is 17.8. The summed E-state index contributed by atoms with van der Waals surface area (Å²) in [4.78, 5) is 26.3. The van der Waals surface area contributed by atoms with Crippen LogP contribution in [0.4, 0.5) is 5.82 Å². The summed E-state index contributed by atoms with van der Waals surface area (Å²) in [5, 5.41) is 8.18. The number of amides is 2. The van der Waals surface area contributed by atoms with Gasteiger partial charge in [-0.3, -0.25) is 9.59 Å². The first-order valence-electron chi connectivity index (χ1n) is 12.6. The minimum absolute atomic E-state index is 0.0160. The van der Waals surface area contributed by atoms with Gasteiger partial charge in [0.15, 0.2) is 0 Å². The fourth-order valence-corrected chi connectivity index (χ4v) is 5.07. The maximum absolute atomic E-state index is 12.3. The molecule has 1 fully saturated rings. The summed E-state index contributed by atoms with van der Waals surface area (Å²) in [6, 6.07) is 15.8. The molecule has 9 heteroatoms. The molecule has 1 aromatic heterocycles. The van der Waals surface area contributed by atoms with Crippen LogP contribution in [-0.4, -0.2) is 47.7 Å². The van der Waals surface area contributed by atoms with Gasteiger partial charge in [-0.25, -0.2) is 4.68 Å². The van der Waals surface area contributed by atoms with Gasteiger partial charge in [0.1, 0.15) is 22.8 Å². The summed E-state index contributed by atoms with van der Waals surface area (Å²) < 4.78 is 7.14. The Morgan fingerprint density at radius 1 is 1.05 bits per heavy atom. The molecule has 0 saturated heterocycles. The molecule has 9 nitrogen and oxygen atoms in total. The van der Waals surface area contributed by atoms with Gasteiger partial charge in [0, 0.05) is 44.2 Å². The number of carbonyl (C=O) groups is 2. The van der Waals surface area contributed by atoms with Crippen molar-refractivity contribution in [1.82, 2.24) is 20.0 Å². The number of nitrogens with zero attached hydrogens (tertiary/aromatic N) is 3.